The highest BCUT2D eigenvalue weighted by Crippen LogP contribution is 1.97. The Kier molecular flexibility index (Phi) is 4.07. The van der Waals surface area contributed by atoms with E-state index in [1.54, 1.807) is 4.90 Å². The van der Waals surface area contributed by atoms with Gasteiger partial charge < -0.3 is 10.6 Å². The largest absolute Gasteiger partial charge is 0.334 e. The highest BCUT2D eigenvalue weighted by atomic mass is 35.5. The summed E-state index contributed by atoms with van der Waals surface area (Å²) in [5, 5.41) is 0. The van der Waals surface area contributed by atoms with Crippen molar-refractivity contribution in [3.8, 4) is 0 Å². The SMILES string of the molecule is Cl.NCC(=O)N1CC=CC1. The molecule has 0 aromatic rings. The number of carbonyl (C=O) groups is 1. The van der Waals surface area contributed by atoms with Crippen molar-refractivity contribution in [2.75, 3.05) is 19.6 Å². The summed E-state index contributed by atoms with van der Waals surface area (Å²) in [6.07, 6.45) is 3.93. The van der Waals surface area contributed by atoms with Crippen molar-refractivity contribution in [3.05, 3.63) is 12.2 Å². The van der Waals surface area contributed by atoms with Crippen LogP contribution in [0.4, 0.5) is 0 Å². The molecule has 0 aromatic carbocycles. The Bertz CT molecular complexity index is 139. The number of nitrogens with two attached hydrogens (primary N) is 1. The molecule has 0 aliphatic carbocycles. The molecule has 0 aromatic heterocycles. The zero-order valence-electron chi connectivity index (χ0n) is 5.62. The average molecular weight is 163 g/mol. The standard InChI is InChI=1S/C6H10N2O.ClH/c7-5-6(9)8-3-1-2-4-8;/h1-2H,3-5,7H2;1H. The topological polar surface area (TPSA) is 46.3 Å². The first-order valence-electron chi connectivity index (χ1n) is 2.97. The Balaban J connectivity index is 0.000000810. The van der Waals surface area contributed by atoms with Gasteiger partial charge in [-0.05, 0) is 0 Å². The number of nitrogens with zero attached hydrogens (tertiary/aromatic N) is 1. The number of halogens is 1. The molecule has 0 fully saturated rings. The minimum absolute atomic E-state index is 0. The van der Waals surface area contributed by atoms with Crippen LogP contribution >= 0.6 is 12.4 Å². The van der Waals surface area contributed by atoms with Crippen molar-refractivity contribution in [2.24, 2.45) is 5.73 Å². The van der Waals surface area contributed by atoms with Crippen molar-refractivity contribution in [2.45, 2.75) is 0 Å². The van der Waals surface area contributed by atoms with Crippen molar-refractivity contribution >= 4 is 18.3 Å². The van der Waals surface area contributed by atoms with Gasteiger partial charge in [-0.3, -0.25) is 4.79 Å². The highest BCUT2D eigenvalue weighted by molar-refractivity contribution is 5.85. The zero-order chi connectivity index (χ0) is 6.69. The lowest BCUT2D eigenvalue weighted by molar-refractivity contribution is -0.128. The molecule has 2 N–H and O–H groups in total. The molecule has 0 unspecified atom stereocenters. The van der Waals surface area contributed by atoms with Crippen LogP contribution in [0.1, 0.15) is 0 Å². The number of hydrogen-bond acceptors (Lipinski definition) is 2. The molecule has 4 heteroatoms. The van der Waals surface area contributed by atoms with E-state index in [1.165, 1.54) is 0 Å². The van der Waals surface area contributed by atoms with Crippen LogP contribution in [0, 0.1) is 0 Å². The molecule has 10 heavy (non-hydrogen) atoms. The lowest BCUT2D eigenvalue weighted by Crippen LogP contribution is -2.33. The maximum absolute atomic E-state index is 10.8. The van der Waals surface area contributed by atoms with Crippen LogP contribution in [0.25, 0.3) is 0 Å². The van der Waals surface area contributed by atoms with Gasteiger partial charge in [-0.25, -0.2) is 0 Å². The van der Waals surface area contributed by atoms with E-state index >= 15 is 0 Å². The lowest BCUT2D eigenvalue weighted by atomic mass is 10.5. The fourth-order valence-electron chi connectivity index (χ4n) is 0.811. The first kappa shape index (κ1) is 9.46. The first-order valence-corrected chi connectivity index (χ1v) is 2.97. The molecule has 1 aliphatic rings. The lowest BCUT2D eigenvalue weighted by Gasteiger charge is -2.12. The maximum atomic E-state index is 10.8. The normalized spacial score (nSPS) is 15.1. The van der Waals surface area contributed by atoms with E-state index in [4.69, 9.17) is 5.73 Å². The first-order chi connectivity index (χ1) is 4.34. The Morgan fingerprint density at radius 2 is 2.00 bits per heavy atom. The van der Waals surface area contributed by atoms with Crippen LogP contribution in [0.2, 0.25) is 0 Å². The Morgan fingerprint density at radius 1 is 1.50 bits per heavy atom. The summed E-state index contributed by atoms with van der Waals surface area (Å²) in [6.45, 7) is 1.59. The van der Waals surface area contributed by atoms with E-state index in [-0.39, 0.29) is 24.9 Å². The molecule has 3 nitrogen and oxygen atoms in total. The second-order valence-electron chi connectivity index (χ2n) is 1.97. The van der Waals surface area contributed by atoms with Crippen LogP contribution in [-0.2, 0) is 4.79 Å². The van der Waals surface area contributed by atoms with E-state index in [0.29, 0.717) is 0 Å². The van der Waals surface area contributed by atoms with Gasteiger partial charge in [0.15, 0.2) is 0 Å². The fourth-order valence-corrected chi connectivity index (χ4v) is 0.811. The summed E-state index contributed by atoms with van der Waals surface area (Å²) in [4.78, 5) is 12.5. The minimum Gasteiger partial charge on any atom is -0.334 e. The van der Waals surface area contributed by atoms with Crippen LogP contribution < -0.4 is 5.73 Å². The second kappa shape index (κ2) is 4.30. The van der Waals surface area contributed by atoms with Gasteiger partial charge in [-0.15, -0.1) is 12.4 Å². The third kappa shape index (κ3) is 2.01. The van der Waals surface area contributed by atoms with Gasteiger partial charge in [0, 0.05) is 13.1 Å². The third-order valence-corrected chi connectivity index (χ3v) is 1.35. The molecule has 1 heterocycles. The third-order valence-electron chi connectivity index (χ3n) is 1.35. The van der Waals surface area contributed by atoms with Gasteiger partial charge in [0.2, 0.25) is 5.91 Å². The van der Waals surface area contributed by atoms with Gasteiger partial charge in [0.05, 0.1) is 6.54 Å². The average Bonchev–Trinajstić information content (AvgIpc) is 2.37. The highest BCUT2D eigenvalue weighted by Gasteiger charge is 2.10. The summed E-state index contributed by atoms with van der Waals surface area (Å²) in [5.41, 5.74) is 5.13. The van der Waals surface area contributed by atoms with Crippen LogP contribution in [0.3, 0.4) is 0 Å². The summed E-state index contributed by atoms with van der Waals surface area (Å²) in [5.74, 6) is 0.0278. The Morgan fingerprint density at radius 3 is 2.40 bits per heavy atom. The van der Waals surface area contributed by atoms with Crippen LogP contribution in [0.15, 0.2) is 12.2 Å². The molecule has 1 amide bonds. The predicted molar refractivity (Wildman–Crippen MR) is 42.0 cm³/mol. The van der Waals surface area contributed by atoms with Crippen molar-refractivity contribution in [3.63, 3.8) is 0 Å². The molecule has 0 saturated carbocycles. The van der Waals surface area contributed by atoms with E-state index < -0.39 is 0 Å². The van der Waals surface area contributed by atoms with Crippen LogP contribution in [-0.4, -0.2) is 30.4 Å². The monoisotopic (exact) mass is 162 g/mol. The van der Waals surface area contributed by atoms with Crippen molar-refractivity contribution in [1.29, 1.82) is 0 Å². The van der Waals surface area contributed by atoms with E-state index in [2.05, 4.69) is 0 Å². The summed E-state index contributed by atoms with van der Waals surface area (Å²) < 4.78 is 0. The van der Waals surface area contributed by atoms with E-state index in [1.807, 2.05) is 12.2 Å². The predicted octanol–water partition coefficient (Wildman–Crippen LogP) is -0.235. The van der Waals surface area contributed by atoms with Gasteiger partial charge in [-0.1, -0.05) is 12.2 Å². The maximum Gasteiger partial charge on any atom is 0.236 e. The molecule has 0 atom stereocenters. The molecule has 0 bridgehead atoms. The summed E-state index contributed by atoms with van der Waals surface area (Å²) >= 11 is 0. The van der Waals surface area contributed by atoms with Crippen molar-refractivity contribution in [1.82, 2.24) is 4.90 Å². The fraction of sp³-hybridized carbons (Fsp3) is 0.500. The molecular weight excluding hydrogens is 152 g/mol. The number of amides is 1. The van der Waals surface area contributed by atoms with Gasteiger partial charge in [0.1, 0.15) is 0 Å². The Labute approximate surface area is 66.3 Å². The van der Waals surface area contributed by atoms with Crippen molar-refractivity contribution < 1.29 is 4.79 Å². The molecule has 1 aliphatic heterocycles. The molecule has 0 saturated heterocycles. The molecule has 0 spiro atoms. The molecule has 58 valence electrons. The minimum atomic E-state index is 0. The molecule has 0 radical (unpaired) electrons. The van der Waals surface area contributed by atoms with E-state index in [0.717, 1.165) is 13.1 Å². The smallest absolute Gasteiger partial charge is 0.236 e. The zero-order valence-corrected chi connectivity index (χ0v) is 6.43. The second-order valence-corrected chi connectivity index (χ2v) is 1.97. The van der Waals surface area contributed by atoms with Gasteiger partial charge in [-0.2, -0.15) is 0 Å². The number of carbonyl (C=O) groups excluding carboxylic acids is 1. The van der Waals surface area contributed by atoms with Crippen LogP contribution in [0.5, 0.6) is 0 Å². The molecule has 1 rings (SSSR count). The number of rotatable bonds is 1. The van der Waals surface area contributed by atoms with Gasteiger partial charge >= 0.3 is 0 Å². The quantitative estimate of drug-likeness (QED) is 0.542. The number of hydrogen-bond donors (Lipinski definition) is 1. The van der Waals surface area contributed by atoms with Gasteiger partial charge in [0.25, 0.3) is 0 Å². The molecular formula is C6H11ClN2O. The van der Waals surface area contributed by atoms with E-state index in [9.17, 15) is 4.79 Å². The summed E-state index contributed by atoms with van der Waals surface area (Å²) in [6, 6.07) is 0. The Hall–Kier alpha value is -0.540. The summed E-state index contributed by atoms with van der Waals surface area (Å²) in [7, 11) is 0.